The van der Waals surface area contributed by atoms with Crippen LogP contribution in [0.4, 0.5) is 0 Å². The van der Waals surface area contributed by atoms with Crippen LogP contribution < -0.4 is 5.32 Å². The average Bonchev–Trinajstić information content (AvgIpc) is 2.29. The first-order valence-corrected chi connectivity index (χ1v) is 6.02. The maximum absolute atomic E-state index is 3.64. The van der Waals surface area contributed by atoms with Gasteiger partial charge in [-0.25, -0.2) is 0 Å². The first-order valence-electron chi connectivity index (χ1n) is 6.02. The van der Waals surface area contributed by atoms with E-state index in [1.165, 1.54) is 38.9 Å². The fourth-order valence-corrected chi connectivity index (χ4v) is 2.15. The van der Waals surface area contributed by atoms with Gasteiger partial charge in [-0.15, -0.1) is 0 Å². The molecule has 1 saturated heterocycles. The predicted octanol–water partition coefficient (Wildman–Crippen LogP) is 2.25. The van der Waals surface area contributed by atoms with Gasteiger partial charge in [0.05, 0.1) is 0 Å². The lowest BCUT2D eigenvalue weighted by molar-refractivity contribution is 0.132. The summed E-state index contributed by atoms with van der Waals surface area (Å²) >= 11 is 0. The van der Waals surface area contributed by atoms with Crippen LogP contribution in [0.5, 0.6) is 0 Å². The number of nitrogens with zero attached hydrogens (tertiary/aromatic N) is 1. The van der Waals surface area contributed by atoms with Crippen LogP contribution in [0, 0.1) is 0 Å². The molecule has 0 aromatic carbocycles. The van der Waals surface area contributed by atoms with Crippen molar-refractivity contribution in [1.29, 1.82) is 0 Å². The van der Waals surface area contributed by atoms with Gasteiger partial charge in [0.2, 0.25) is 0 Å². The molecule has 0 bridgehead atoms. The molecular formula is C12H26N2. The highest BCUT2D eigenvalue weighted by Crippen LogP contribution is 2.17. The van der Waals surface area contributed by atoms with Crippen molar-refractivity contribution >= 4 is 0 Å². The molecule has 1 aliphatic rings. The van der Waals surface area contributed by atoms with Gasteiger partial charge < -0.3 is 5.32 Å². The monoisotopic (exact) mass is 198 g/mol. The molecular weight excluding hydrogens is 172 g/mol. The summed E-state index contributed by atoms with van der Waals surface area (Å²) in [6.45, 7) is 12.9. The van der Waals surface area contributed by atoms with Gasteiger partial charge in [0.1, 0.15) is 0 Å². The van der Waals surface area contributed by atoms with Gasteiger partial charge in [-0.05, 0) is 46.7 Å². The van der Waals surface area contributed by atoms with Crippen LogP contribution in [-0.4, -0.2) is 36.1 Å². The van der Waals surface area contributed by atoms with E-state index in [9.17, 15) is 0 Å². The smallest absolute Gasteiger partial charge is 0.0195 e. The molecule has 2 nitrogen and oxygen atoms in total. The summed E-state index contributed by atoms with van der Waals surface area (Å²) in [5, 5.41) is 3.64. The summed E-state index contributed by atoms with van der Waals surface area (Å²) in [5.74, 6) is 0. The minimum Gasteiger partial charge on any atom is -0.313 e. The fourth-order valence-electron chi connectivity index (χ4n) is 2.15. The van der Waals surface area contributed by atoms with Crippen LogP contribution in [0.1, 0.15) is 47.0 Å². The van der Waals surface area contributed by atoms with Crippen LogP contribution in [0.3, 0.4) is 0 Å². The summed E-state index contributed by atoms with van der Waals surface area (Å²) in [6, 6.07) is 0.710. The molecule has 1 heterocycles. The van der Waals surface area contributed by atoms with Crippen molar-refractivity contribution in [1.82, 2.24) is 10.2 Å². The topological polar surface area (TPSA) is 15.3 Å². The molecule has 1 fully saturated rings. The summed E-state index contributed by atoms with van der Waals surface area (Å²) in [6.07, 6.45) is 3.89. The molecule has 2 heteroatoms. The summed E-state index contributed by atoms with van der Waals surface area (Å²) in [7, 11) is 0. The molecule has 0 saturated carbocycles. The maximum Gasteiger partial charge on any atom is 0.0195 e. The lowest BCUT2D eigenvalue weighted by Crippen LogP contribution is -2.46. The lowest BCUT2D eigenvalue weighted by atomic mass is 10.0. The second-order valence-corrected chi connectivity index (χ2v) is 5.41. The van der Waals surface area contributed by atoms with Crippen LogP contribution in [0.2, 0.25) is 0 Å². The van der Waals surface area contributed by atoms with Gasteiger partial charge in [0.25, 0.3) is 0 Å². The molecule has 0 radical (unpaired) electrons. The van der Waals surface area contributed by atoms with E-state index in [0.29, 0.717) is 11.6 Å². The van der Waals surface area contributed by atoms with E-state index in [4.69, 9.17) is 0 Å². The standard InChI is InChI=1S/C12H26N2/c1-5-7-11-10-14(12(2,3)4)9-6-8-13-11/h11,13H,5-10H2,1-4H3. The molecule has 1 aliphatic heterocycles. The van der Waals surface area contributed by atoms with Crippen LogP contribution in [0.25, 0.3) is 0 Å². The average molecular weight is 198 g/mol. The second kappa shape index (κ2) is 5.13. The van der Waals surface area contributed by atoms with E-state index >= 15 is 0 Å². The summed E-state index contributed by atoms with van der Waals surface area (Å²) < 4.78 is 0. The van der Waals surface area contributed by atoms with Crippen molar-refractivity contribution in [3.8, 4) is 0 Å². The van der Waals surface area contributed by atoms with Crippen molar-refractivity contribution in [3.05, 3.63) is 0 Å². The first kappa shape index (κ1) is 12.0. The summed E-state index contributed by atoms with van der Waals surface area (Å²) in [5.41, 5.74) is 0.331. The Morgan fingerprint density at radius 1 is 1.36 bits per heavy atom. The molecule has 84 valence electrons. The Labute approximate surface area is 89.1 Å². The van der Waals surface area contributed by atoms with Crippen LogP contribution in [0.15, 0.2) is 0 Å². The molecule has 0 amide bonds. The number of nitrogens with one attached hydrogen (secondary N) is 1. The number of rotatable bonds is 2. The van der Waals surface area contributed by atoms with Crippen molar-refractivity contribution < 1.29 is 0 Å². The lowest BCUT2D eigenvalue weighted by Gasteiger charge is -2.36. The summed E-state index contributed by atoms with van der Waals surface area (Å²) in [4.78, 5) is 2.62. The van der Waals surface area contributed by atoms with E-state index in [1.54, 1.807) is 0 Å². The van der Waals surface area contributed by atoms with E-state index in [-0.39, 0.29) is 0 Å². The molecule has 0 aliphatic carbocycles. The van der Waals surface area contributed by atoms with E-state index in [2.05, 4.69) is 37.9 Å². The van der Waals surface area contributed by atoms with E-state index in [1.807, 2.05) is 0 Å². The van der Waals surface area contributed by atoms with Crippen molar-refractivity contribution in [2.24, 2.45) is 0 Å². The second-order valence-electron chi connectivity index (χ2n) is 5.41. The van der Waals surface area contributed by atoms with Gasteiger partial charge in [-0.2, -0.15) is 0 Å². The zero-order valence-electron chi connectivity index (χ0n) is 10.3. The van der Waals surface area contributed by atoms with Gasteiger partial charge in [-0.1, -0.05) is 13.3 Å². The molecule has 1 atom stereocenters. The zero-order chi connectivity index (χ0) is 10.6. The molecule has 1 unspecified atom stereocenters. The predicted molar refractivity (Wildman–Crippen MR) is 62.6 cm³/mol. The largest absolute Gasteiger partial charge is 0.313 e. The van der Waals surface area contributed by atoms with Crippen molar-refractivity contribution in [2.45, 2.75) is 58.5 Å². The third-order valence-electron chi connectivity index (χ3n) is 3.06. The third-order valence-corrected chi connectivity index (χ3v) is 3.06. The van der Waals surface area contributed by atoms with Gasteiger partial charge >= 0.3 is 0 Å². The molecule has 1 rings (SSSR count). The molecule has 0 spiro atoms. The van der Waals surface area contributed by atoms with E-state index < -0.39 is 0 Å². The third kappa shape index (κ3) is 3.58. The minimum absolute atomic E-state index is 0.331. The Bertz CT molecular complexity index is 160. The molecule has 0 aromatic heterocycles. The Morgan fingerprint density at radius 2 is 2.07 bits per heavy atom. The highest BCUT2D eigenvalue weighted by Gasteiger charge is 2.25. The Kier molecular flexibility index (Phi) is 4.39. The Morgan fingerprint density at radius 3 is 2.64 bits per heavy atom. The highest BCUT2D eigenvalue weighted by atomic mass is 15.2. The first-order chi connectivity index (χ1) is 6.54. The minimum atomic E-state index is 0.331. The van der Waals surface area contributed by atoms with Crippen molar-refractivity contribution in [3.63, 3.8) is 0 Å². The Balaban J connectivity index is 2.51. The SMILES string of the molecule is CCCC1CN(C(C)(C)C)CCCN1. The van der Waals surface area contributed by atoms with Gasteiger partial charge in [0, 0.05) is 18.1 Å². The van der Waals surface area contributed by atoms with E-state index in [0.717, 1.165) is 0 Å². The number of hydrogen-bond donors (Lipinski definition) is 1. The fraction of sp³-hybridized carbons (Fsp3) is 1.00. The van der Waals surface area contributed by atoms with Gasteiger partial charge in [-0.3, -0.25) is 4.90 Å². The van der Waals surface area contributed by atoms with Crippen molar-refractivity contribution in [2.75, 3.05) is 19.6 Å². The quantitative estimate of drug-likeness (QED) is 0.732. The Hall–Kier alpha value is -0.0800. The highest BCUT2D eigenvalue weighted by molar-refractivity contribution is 4.83. The van der Waals surface area contributed by atoms with Crippen LogP contribution >= 0.6 is 0 Å². The maximum atomic E-state index is 3.64. The molecule has 0 aromatic rings. The molecule has 1 N–H and O–H groups in total. The molecule has 14 heavy (non-hydrogen) atoms. The van der Waals surface area contributed by atoms with Crippen LogP contribution in [-0.2, 0) is 0 Å². The van der Waals surface area contributed by atoms with Gasteiger partial charge in [0.15, 0.2) is 0 Å². The normalized spacial score (nSPS) is 26.1. The zero-order valence-corrected chi connectivity index (χ0v) is 10.3. The number of hydrogen-bond acceptors (Lipinski definition) is 2.